The molecule has 16 heavy (non-hydrogen) atoms. The number of carbonyl (C=O) groups excluding carboxylic acids is 1. The molecular formula is C12H12BrNO2. The number of benzene rings is 1. The zero-order chi connectivity index (χ0) is 11.2. The molecule has 1 aromatic carbocycles. The van der Waals surface area contributed by atoms with Crippen LogP contribution < -0.4 is 0 Å². The first-order valence-electron chi connectivity index (χ1n) is 5.31. The molecule has 4 heteroatoms. The van der Waals surface area contributed by atoms with Gasteiger partial charge in [-0.1, -0.05) is 15.9 Å². The number of amides is 1. The van der Waals surface area contributed by atoms with Gasteiger partial charge in [-0.05, 0) is 24.3 Å². The van der Waals surface area contributed by atoms with Crippen LogP contribution in [0, 0.1) is 5.41 Å². The number of hydrogen-bond acceptors (Lipinski definition) is 2. The summed E-state index contributed by atoms with van der Waals surface area (Å²) in [5, 5.41) is 0. The summed E-state index contributed by atoms with van der Waals surface area (Å²) >= 11 is 3.36. The maximum absolute atomic E-state index is 12.0. The van der Waals surface area contributed by atoms with Crippen LogP contribution in [0.3, 0.4) is 0 Å². The molecule has 0 bridgehead atoms. The molecule has 2 heterocycles. The molecule has 0 aliphatic carbocycles. The fourth-order valence-corrected chi connectivity index (χ4v) is 2.52. The molecule has 0 unspecified atom stereocenters. The average molecular weight is 282 g/mol. The van der Waals surface area contributed by atoms with Gasteiger partial charge in [0.2, 0.25) is 0 Å². The minimum Gasteiger partial charge on any atom is -0.380 e. The molecule has 3 rings (SSSR count). The van der Waals surface area contributed by atoms with E-state index in [1.807, 2.05) is 29.2 Å². The predicted molar refractivity (Wildman–Crippen MR) is 63.3 cm³/mol. The third kappa shape index (κ3) is 1.57. The molecule has 0 aromatic heterocycles. The van der Waals surface area contributed by atoms with Crippen LogP contribution in [0.25, 0.3) is 0 Å². The highest BCUT2D eigenvalue weighted by atomic mass is 79.9. The van der Waals surface area contributed by atoms with E-state index in [0.717, 1.165) is 36.3 Å². The molecule has 84 valence electrons. The Morgan fingerprint density at radius 3 is 2.38 bits per heavy atom. The summed E-state index contributed by atoms with van der Waals surface area (Å²) in [6.45, 7) is 3.33. The molecular weight excluding hydrogens is 270 g/mol. The van der Waals surface area contributed by atoms with Gasteiger partial charge < -0.3 is 9.64 Å². The predicted octanol–water partition coefficient (Wildman–Crippen LogP) is 1.92. The van der Waals surface area contributed by atoms with E-state index in [9.17, 15) is 4.79 Å². The standard InChI is InChI=1S/C12H12BrNO2/c13-10-3-1-9(2-4-10)11(15)14-5-12(6-14)7-16-8-12/h1-4H,5-8H2. The molecule has 2 saturated heterocycles. The lowest BCUT2D eigenvalue weighted by Crippen LogP contribution is -2.67. The first kappa shape index (κ1) is 10.3. The molecule has 2 aliphatic heterocycles. The van der Waals surface area contributed by atoms with Crippen LogP contribution in [0.2, 0.25) is 0 Å². The van der Waals surface area contributed by atoms with Crippen molar-refractivity contribution in [3.05, 3.63) is 34.3 Å². The van der Waals surface area contributed by atoms with Gasteiger partial charge in [-0.15, -0.1) is 0 Å². The van der Waals surface area contributed by atoms with Gasteiger partial charge in [0.15, 0.2) is 0 Å². The van der Waals surface area contributed by atoms with Crippen LogP contribution in [-0.2, 0) is 4.74 Å². The third-order valence-electron chi connectivity index (χ3n) is 3.25. The van der Waals surface area contributed by atoms with Crippen LogP contribution in [0.4, 0.5) is 0 Å². The van der Waals surface area contributed by atoms with E-state index in [1.54, 1.807) is 0 Å². The monoisotopic (exact) mass is 281 g/mol. The Kier molecular flexibility index (Phi) is 2.30. The lowest BCUT2D eigenvalue weighted by Gasteiger charge is -2.54. The van der Waals surface area contributed by atoms with Gasteiger partial charge in [-0.25, -0.2) is 0 Å². The van der Waals surface area contributed by atoms with Gasteiger partial charge in [0.05, 0.1) is 18.6 Å². The minimum absolute atomic E-state index is 0.130. The van der Waals surface area contributed by atoms with E-state index in [2.05, 4.69) is 15.9 Å². The molecule has 2 fully saturated rings. The number of nitrogens with zero attached hydrogens (tertiary/aromatic N) is 1. The molecule has 0 saturated carbocycles. The van der Waals surface area contributed by atoms with Crippen LogP contribution in [0.1, 0.15) is 10.4 Å². The smallest absolute Gasteiger partial charge is 0.253 e. The van der Waals surface area contributed by atoms with E-state index in [4.69, 9.17) is 4.74 Å². The summed E-state index contributed by atoms with van der Waals surface area (Å²) in [5.41, 5.74) is 1.06. The van der Waals surface area contributed by atoms with Crippen molar-refractivity contribution in [1.29, 1.82) is 0 Å². The lowest BCUT2D eigenvalue weighted by molar-refractivity contribution is -0.176. The lowest BCUT2D eigenvalue weighted by atomic mass is 9.78. The zero-order valence-corrected chi connectivity index (χ0v) is 10.4. The van der Waals surface area contributed by atoms with Gasteiger partial charge >= 0.3 is 0 Å². The van der Waals surface area contributed by atoms with Gasteiger partial charge in [-0.2, -0.15) is 0 Å². The summed E-state index contributed by atoms with van der Waals surface area (Å²) in [7, 11) is 0. The Balaban J connectivity index is 1.68. The van der Waals surface area contributed by atoms with Crippen molar-refractivity contribution in [3.8, 4) is 0 Å². The SMILES string of the molecule is O=C(c1ccc(Br)cc1)N1CC2(COC2)C1. The fourth-order valence-electron chi connectivity index (χ4n) is 2.26. The number of ether oxygens (including phenoxy) is 1. The Hall–Kier alpha value is -0.870. The van der Waals surface area contributed by atoms with Crippen molar-refractivity contribution in [2.45, 2.75) is 0 Å². The second-order valence-corrected chi connectivity index (χ2v) is 5.58. The second kappa shape index (κ2) is 3.57. The topological polar surface area (TPSA) is 29.5 Å². The highest BCUT2D eigenvalue weighted by Crippen LogP contribution is 2.38. The summed E-state index contributed by atoms with van der Waals surface area (Å²) in [4.78, 5) is 13.9. The maximum Gasteiger partial charge on any atom is 0.253 e. The zero-order valence-electron chi connectivity index (χ0n) is 8.78. The first-order chi connectivity index (χ1) is 7.69. The maximum atomic E-state index is 12.0. The Morgan fingerprint density at radius 1 is 1.25 bits per heavy atom. The van der Waals surface area contributed by atoms with E-state index >= 15 is 0 Å². The van der Waals surface area contributed by atoms with Crippen LogP contribution in [-0.4, -0.2) is 37.1 Å². The van der Waals surface area contributed by atoms with Crippen LogP contribution >= 0.6 is 15.9 Å². The van der Waals surface area contributed by atoms with Gasteiger partial charge in [-0.3, -0.25) is 4.79 Å². The summed E-state index contributed by atoms with van der Waals surface area (Å²) in [6.07, 6.45) is 0. The van der Waals surface area contributed by atoms with Crippen molar-refractivity contribution >= 4 is 21.8 Å². The van der Waals surface area contributed by atoms with Gasteiger partial charge in [0.1, 0.15) is 0 Å². The van der Waals surface area contributed by atoms with Crippen molar-refractivity contribution < 1.29 is 9.53 Å². The number of hydrogen-bond donors (Lipinski definition) is 0. The highest BCUT2D eigenvalue weighted by Gasteiger charge is 2.50. The van der Waals surface area contributed by atoms with Crippen molar-refractivity contribution in [2.75, 3.05) is 26.3 Å². The molecule has 0 N–H and O–H groups in total. The summed E-state index contributed by atoms with van der Waals surface area (Å²) < 4.78 is 6.18. The van der Waals surface area contributed by atoms with Crippen molar-refractivity contribution in [2.24, 2.45) is 5.41 Å². The molecule has 0 radical (unpaired) electrons. The van der Waals surface area contributed by atoms with Crippen LogP contribution in [0.5, 0.6) is 0 Å². The van der Waals surface area contributed by atoms with Crippen molar-refractivity contribution in [3.63, 3.8) is 0 Å². The van der Waals surface area contributed by atoms with E-state index in [-0.39, 0.29) is 5.91 Å². The number of halogens is 1. The fraction of sp³-hybridized carbons (Fsp3) is 0.417. The summed E-state index contributed by atoms with van der Waals surface area (Å²) in [5.74, 6) is 0.130. The molecule has 0 atom stereocenters. The van der Waals surface area contributed by atoms with E-state index < -0.39 is 0 Å². The Morgan fingerprint density at radius 2 is 1.88 bits per heavy atom. The Labute approximate surface area is 103 Å². The highest BCUT2D eigenvalue weighted by molar-refractivity contribution is 9.10. The Bertz CT molecular complexity index is 417. The number of carbonyl (C=O) groups is 1. The molecule has 1 amide bonds. The number of rotatable bonds is 1. The van der Waals surface area contributed by atoms with Gasteiger partial charge in [0, 0.05) is 23.1 Å². The van der Waals surface area contributed by atoms with Gasteiger partial charge in [0.25, 0.3) is 5.91 Å². The minimum atomic E-state index is 0.130. The van der Waals surface area contributed by atoms with Crippen LogP contribution in [0.15, 0.2) is 28.7 Å². The molecule has 1 aromatic rings. The van der Waals surface area contributed by atoms with Crippen molar-refractivity contribution in [1.82, 2.24) is 4.90 Å². The second-order valence-electron chi connectivity index (χ2n) is 4.66. The molecule has 2 aliphatic rings. The number of likely N-dealkylation sites (tertiary alicyclic amines) is 1. The molecule has 1 spiro atoms. The third-order valence-corrected chi connectivity index (χ3v) is 3.78. The average Bonchev–Trinajstić information content (AvgIpc) is 2.14. The summed E-state index contributed by atoms with van der Waals surface area (Å²) in [6, 6.07) is 7.51. The van der Waals surface area contributed by atoms with E-state index in [1.165, 1.54) is 0 Å². The normalized spacial score (nSPS) is 21.4. The molecule has 3 nitrogen and oxygen atoms in total. The largest absolute Gasteiger partial charge is 0.380 e. The quantitative estimate of drug-likeness (QED) is 0.787. The van der Waals surface area contributed by atoms with E-state index in [0.29, 0.717) is 5.41 Å². The first-order valence-corrected chi connectivity index (χ1v) is 6.11.